The van der Waals surface area contributed by atoms with Crippen LogP contribution in [0, 0.1) is 5.92 Å². The van der Waals surface area contributed by atoms with Gasteiger partial charge in [0.05, 0.1) is 6.42 Å². The third kappa shape index (κ3) is 2.95. The standard InChI is InChI=1S/C12H16O2/c1-3-4-5-9(2)10-6-11(13)8-12(14)7-10/h3-5,10H,6-8H2,1-2H3/b4-3-,9-5+. The maximum Gasteiger partial charge on any atom is 0.140 e. The number of allylic oxidation sites excluding steroid dienone is 4. The van der Waals surface area contributed by atoms with Gasteiger partial charge in [-0.3, -0.25) is 9.59 Å². The van der Waals surface area contributed by atoms with Crippen LogP contribution < -0.4 is 0 Å². The van der Waals surface area contributed by atoms with Gasteiger partial charge in [-0.05, 0) is 19.8 Å². The fourth-order valence-corrected chi connectivity index (χ4v) is 1.69. The number of carbonyl (C=O) groups excluding carboxylic acids is 2. The van der Waals surface area contributed by atoms with E-state index < -0.39 is 0 Å². The van der Waals surface area contributed by atoms with Gasteiger partial charge in [0, 0.05) is 12.8 Å². The summed E-state index contributed by atoms with van der Waals surface area (Å²) in [5.41, 5.74) is 1.13. The third-order valence-corrected chi connectivity index (χ3v) is 2.54. The average Bonchev–Trinajstić information content (AvgIpc) is 2.12. The fraction of sp³-hybridized carbons (Fsp3) is 0.500. The first-order valence-corrected chi connectivity index (χ1v) is 4.96. The molecule has 0 spiro atoms. The highest BCUT2D eigenvalue weighted by Crippen LogP contribution is 2.25. The summed E-state index contributed by atoms with van der Waals surface area (Å²) in [6.45, 7) is 3.93. The lowest BCUT2D eigenvalue weighted by Crippen LogP contribution is -2.23. The monoisotopic (exact) mass is 192 g/mol. The van der Waals surface area contributed by atoms with E-state index in [-0.39, 0.29) is 23.9 Å². The van der Waals surface area contributed by atoms with Crippen LogP contribution in [0.3, 0.4) is 0 Å². The second-order valence-electron chi connectivity index (χ2n) is 3.80. The average molecular weight is 192 g/mol. The van der Waals surface area contributed by atoms with Crippen molar-refractivity contribution in [3.05, 3.63) is 23.8 Å². The van der Waals surface area contributed by atoms with E-state index >= 15 is 0 Å². The Kier molecular flexibility index (Phi) is 3.81. The summed E-state index contributed by atoms with van der Waals surface area (Å²) in [7, 11) is 0. The van der Waals surface area contributed by atoms with E-state index in [0.29, 0.717) is 12.8 Å². The predicted octanol–water partition coefficient (Wildman–Crippen LogP) is 2.45. The van der Waals surface area contributed by atoms with Crippen LogP contribution in [-0.2, 0) is 9.59 Å². The van der Waals surface area contributed by atoms with E-state index in [4.69, 9.17) is 0 Å². The zero-order valence-electron chi connectivity index (χ0n) is 8.75. The van der Waals surface area contributed by atoms with Crippen LogP contribution in [0.25, 0.3) is 0 Å². The Labute approximate surface area is 84.7 Å². The Morgan fingerprint density at radius 3 is 2.36 bits per heavy atom. The van der Waals surface area contributed by atoms with Gasteiger partial charge in [-0.25, -0.2) is 0 Å². The molecule has 0 aromatic heterocycles. The van der Waals surface area contributed by atoms with Gasteiger partial charge in [0.1, 0.15) is 11.6 Å². The summed E-state index contributed by atoms with van der Waals surface area (Å²) in [4.78, 5) is 22.4. The summed E-state index contributed by atoms with van der Waals surface area (Å²) < 4.78 is 0. The van der Waals surface area contributed by atoms with E-state index in [2.05, 4.69) is 0 Å². The topological polar surface area (TPSA) is 34.1 Å². The van der Waals surface area contributed by atoms with E-state index in [1.165, 1.54) is 0 Å². The van der Waals surface area contributed by atoms with Gasteiger partial charge in [0.2, 0.25) is 0 Å². The molecular weight excluding hydrogens is 176 g/mol. The van der Waals surface area contributed by atoms with Crippen LogP contribution in [0.4, 0.5) is 0 Å². The molecule has 2 heteroatoms. The fourth-order valence-electron chi connectivity index (χ4n) is 1.69. The van der Waals surface area contributed by atoms with Crippen molar-refractivity contribution in [2.45, 2.75) is 33.1 Å². The zero-order valence-corrected chi connectivity index (χ0v) is 8.75. The Morgan fingerprint density at radius 2 is 1.86 bits per heavy atom. The van der Waals surface area contributed by atoms with Gasteiger partial charge < -0.3 is 0 Å². The van der Waals surface area contributed by atoms with Gasteiger partial charge >= 0.3 is 0 Å². The minimum Gasteiger partial charge on any atom is -0.299 e. The molecule has 0 aliphatic heterocycles. The van der Waals surface area contributed by atoms with Gasteiger partial charge in [0.15, 0.2) is 0 Å². The van der Waals surface area contributed by atoms with Crippen molar-refractivity contribution in [3.8, 4) is 0 Å². The number of carbonyl (C=O) groups is 2. The van der Waals surface area contributed by atoms with Crippen molar-refractivity contribution < 1.29 is 9.59 Å². The maximum atomic E-state index is 11.2. The normalized spacial score (nSPS) is 20.9. The van der Waals surface area contributed by atoms with Crippen LogP contribution in [0.1, 0.15) is 33.1 Å². The van der Waals surface area contributed by atoms with Gasteiger partial charge in [-0.15, -0.1) is 0 Å². The van der Waals surface area contributed by atoms with Gasteiger partial charge in [-0.2, -0.15) is 0 Å². The first kappa shape index (κ1) is 10.9. The largest absolute Gasteiger partial charge is 0.299 e. The van der Waals surface area contributed by atoms with Crippen molar-refractivity contribution in [1.82, 2.24) is 0 Å². The minimum absolute atomic E-state index is 0.0829. The highest BCUT2D eigenvalue weighted by Gasteiger charge is 2.25. The molecule has 14 heavy (non-hydrogen) atoms. The zero-order chi connectivity index (χ0) is 10.6. The summed E-state index contributed by atoms with van der Waals surface area (Å²) in [5, 5.41) is 0. The second kappa shape index (κ2) is 4.89. The molecule has 0 unspecified atom stereocenters. The Balaban J connectivity index is 2.68. The Bertz CT molecular complexity index is 281. The molecule has 0 amide bonds. The molecule has 1 aliphatic rings. The molecule has 0 N–H and O–H groups in total. The lowest BCUT2D eigenvalue weighted by molar-refractivity contribution is -0.130. The van der Waals surface area contributed by atoms with Crippen LogP contribution in [0.2, 0.25) is 0 Å². The minimum atomic E-state index is 0.0829. The maximum absolute atomic E-state index is 11.2. The SMILES string of the molecule is C/C=C\C=C(/C)C1CC(=O)CC(=O)C1. The van der Waals surface area contributed by atoms with E-state index in [9.17, 15) is 9.59 Å². The first-order chi connectivity index (χ1) is 6.63. The van der Waals surface area contributed by atoms with Crippen molar-refractivity contribution in [3.63, 3.8) is 0 Å². The van der Waals surface area contributed by atoms with Crippen molar-refractivity contribution in [1.29, 1.82) is 0 Å². The molecule has 0 radical (unpaired) electrons. The van der Waals surface area contributed by atoms with E-state index in [1.54, 1.807) is 0 Å². The highest BCUT2D eigenvalue weighted by molar-refractivity contribution is 6.01. The summed E-state index contributed by atoms with van der Waals surface area (Å²) >= 11 is 0. The van der Waals surface area contributed by atoms with Gasteiger partial charge in [-0.1, -0.05) is 23.8 Å². The smallest absolute Gasteiger partial charge is 0.140 e. The Hall–Kier alpha value is -1.18. The highest BCUT2D eigenvalue weighted by atomic mass is 16.1. The first-order valence-electron chi connectivity index (χ1n) is 4.96. The molecule has 0 bridgehead atoms. The lowest BCUT2D eigenvalue weighted by Gasteiger charge is -2.20. The van der Waals surface area contributed by atoms with E-state index in [1.807, 2.05) is 32.1 Å². The van der Waals surface area contributed by atoms with Crippen molar-refractivity contribution >= 4 is 11.6 Å². The molecule has 0 aromatic rings. The predicted molar refractivity (Wildman–Crippen MR) is 55.9 cm³/mol. The summed E-state index contributed by atoms with van der Waals surface area (Å²) in [6, 6.07) is 0. The van der Waals surface area contributed by atoms with E-state index in [0.717, 1.165) is 5.57 Å². The molecule has 0 atom stereocenters. The number of rotatable bonds is 2. The van der Waals surface area contributed by atoms with Crippen molar-refractivity contribution in [2.75, 3.05) is 0 Å². The van der Waals surface area contributed by atoms with Crippen LogP contribution in [-0.4, -0.2) is 11.6 Å². The number of hydrogen-bond donors (Lipinski definition) is 0. The molecule has 1 saturated carbocycles. The molecule has 0 saturated heterocycles. The van der Waals surface area contributed by atoms with Crippen LogP contribution in [0.5, 0.6) is 0 Å². The molecule has 76 valence electrons. The summed E-state index contributed by atoms with van der Waals surface area (Å²) in [5.74, 6) is 0.305. The number of hydrogen-bond acceptors (Lipinski definition) is 2. The molecule has 0 aromatic carbocycles. The number of ketones is 2. The van der Waals surface area contributed by atoms with Crippen LogP contribution in [0.15, 0.2) is 23.8 Å². The lowest BCUT2D eigenvalue weighted by atomic mass is 9.83. The molecule has 2 nitrogen and oxygen atoms in total. The molecule has 1 rings (SSSR count). The van der Waals surface area contributed by atoms with Crippen LogP contribution >= 0.6 is 0 Å². The summed E-state index contributed by atoms with van der Waals surface area (Å²) in [6.07, 6.45) is 7.08. The molecule has 0 heterocycles. The quantitative estimate of drug-likeness (QED) is 0.497. The Morgan fingerprint density at radius 1 is 1.29 bits per heavy atom. The third-order valence-electron chi connectivity index (χ3n) is 2.54. The molecule has 1 fully saturated rings. The van der Waals surface area contributed by atoms with Crippen molar-refractivity contribution in [2.24, 2.45) is 5.92 Å². The molecule has 1 aliphatic carbocycles. The second-order valence-corrected chi connectivity index (χ2v) is 3.80. The molecular formula is C12H16O2. The van der Waals surface area contributed by atoms with Gasteiger partial charge in [0.25, 0.3) is 0 Å². The number of Topliss-reactive ketones (excluding diaryl/α,β-unsaturated/α-hetero) is 2.